The Morgan fingerprint density at radius 2 is 2.00 bits per heavy atom. The molecule has 1 atom stereocenters. The van der Waals surface area contributed by atoms with E-state index in [4.69, 9.17) is 0 Å². The minimum absolute atomic E-state index is 0.0682. The number of hydrogen-bond donors (Lipinski definition) is 1. The van der Waals surface area contributed by atoms with Crippen LogP contribution in [0.15, 0.2) is 21.5 Å². The minimum Gasteiger partial charge on any atom is -0.310 e. The first-order valence-electron chi connectivity index (χ1n) is 10.2. The molecule has 0 unspecified atom stereocenters. The smallest absolute Gasteiger partial charge is 0.242 e. The van der Waals surface area contributed by atoms with Crippen molar-refractivity contribution in [3.63, 3.8) is 0 Å². The molecule has 28 heavy (non-hydrogen) atoms. The van der Waals surface area contributed by atoms with Crippen LogP contribution in [0.2, 0.25) is 0 Å². The van der Waals surface area contributed by atoms with Crippen molar-refractivity contribution in [2.45, 2.75) is 56.4 Å². The van der Waals surface area contributed by atoms with E-state index in [1.54, 1.807) is 11.0 Å². The summed E-state index contributed by atoms with van der Waals surface area (Å²) in [4.78, 5) is 16.9. The number of hydrogen-bond acceptors (Lipinski definition) is 4. The summed E-state index contributed by atoms with van der Waals surface area (Å²) in [6.45, 7) is 4.88. The quantitative estimate of drug-likeness (QED) is 0.695. The van der Waals surface area contributed by atoms with Crippen molar-refractivity contribution in [3.8, 4) is 0 Å². The first kappa shape index (κ1) is 20.3. The van der Waals surface area contributed by atoms with Gasteiger partial charge in [-0.3, -0.25) is 9.69 Å². The molecule has 0 spiro atoms. The fourth-order valence-electron chi connectivity index (χ4n) is 4.34. The fourth-order valence-corrected chi connectivity index (χ4v) is 6.29. The van der Waals surface area contributed by atoms with Gasteiger partial charge >= 0.3 is 0 Å². The SMILES string of the molecule is C[C@H]1CCCCN1CCNS(=O)(=O)c1cc(Br)cc2c1N(C(=O)C1CC1)CC2. The van der Waals surface area contributed by atoms with Gasteiger partial charge in [0.05, 0.1) is 5.69 Å². The van der Waals surface area contributed by atoms with Gasteiger partial charge in [-0.2, -0.15) is 0 Å². The van der Waals surface area contributed by atoms with Crippen molar-refractivity contribution >= 4 is 37.5 Å². The van der Waals surface area contributed by atoms with E-state index in [0.717, 1.165) is 29.4 Å². The summed E-state index contributed by atoms with van der Waals surface area (Å²) in [6, 6.07) is 4.06. The van der Waals surface area contributed by atoms with Crippen LogP contribution in [0.25, 0.3) is 0 Å². The van der Waals surface area contributed by atoms with Crippen molar-refractivity contribution in [2.75, 3.05) is 31.1 Å². The van der Waals surface area contributed by atoms with Gasteiger partial charge in [0.15, 0.2) is 0 Å². The van der Waals surface area contributed by atoms with Crippen LogP contribution in [0, 0.1) is 5.92 Å². The predicted molar refractivity (Wildman–Crippen MR) is 113 cm³/mol. The number of sulfonamides is 1. The summed E-state index contributed by atoms with van der Waals surface area (Å²) in [5.41, 5.74) is 1.51. The molecule has 2 fully saturated rings. The molecule has 1 aromatic carbocycles. The number of likely N-dealkylation sites (tertiary alicyclic amines) is 1. The molecule has 1 N–H and O–H groups in total. The number of carbonyl (C=O) groups is 1. The number of benzene rings is 1. The standard InChI is InChI=1S/C20H28BrN3O3S/c1-14-4-2-3-9-23(14)11-8-22-28(26,27)18-13-17(21)12-16-7-10-24(19(16)18)20(25)15-5-6-15/h12-15,22H,2-11H2,1H3/t14-/m0/s1. The van der Waals surface area contributed by atoms with Crippen LogP contribution in [0.3, 0.4) is 0 Å². The Morgan fingerprint density at radius 1 is 1.21 bits per heavy atom. The Kier molecular flexibility index (Phi) is 5.84. The molecule has 154 valence electrons. The molecule has 1 saturated heterocycles. The number of carbonyl (C=O) groups excluding carboxylic acids is 1. The normalized spacial score (nSPS) is 23.1. The number of fused-ring (bicyclic) bond motifs is 1. The van der Waals surface area contributed by atoms with Crippen molar-refractivity contribution in [3.05, 3.63) is 22.2 Å². The Balaban J connectivity index is 1.53. The zero-order valence-corrected chi connectivity index (χ0v) is 18.7. The molecule has 2 heterocycles. The van der Waals surface area contributed by atoms with Gasteiger partial charge in [-0.25, -0.2) is 13.1 Å². The molecule has 6 nitrogen and oxygen atoms in total. The molecule has 1 aromatic rings. The molecular weight excluding hydrogens is 442 g/mol. The predicted octanol–water partition coefficient (Wildman–Crippen LogP) is 2.90. The van der Waals surface area contributed by atoms with Crippen molar-refractivity contribution < 1.29 is 13.2 Å². The van der Waals surface area contributed by atoms with Gasteiger partial charge in [0.25, 0.3) is 0 Å². The monoisotopic (exact) mass is 469 g/mol. The maximum absolute atomic E-state index is 13.1. The van der Waals surface area contributed by atoms with E-state index < -0.39 is 10.0 Å². The van der Waals surface area contributed by atoms with Gasteiger partial charge in [-0.05, 0) is 63.3 Å². The highest BCUT2D eigenvalue weighted by molar-refractivity contribution is 9.10. The number of amides is 1. The average Bonchev–Trinajstić information content (AvgIpc) is 3.42. The molecular formula is C20H28BrN3O3S. The molecule has 0 bridgehead atoms. The summed E-state index contributed by atoms with van der Waals surface area (Å²) in [5, 5.41) is 0. The second-order valence-electron chi connectivity index (χ2n) is 8.20. The first-order chi connectivity index (χ1) is 13.4. The second kappa shape index (κ2) is 8.05. The molecule has 4 rings (SSSR count). The third-order valence-corrected chi connectivity index (χ3v) is 8.04. The first-order valence-corrected chi connectivity index (χ1v) is 12.5. The highest BCUT2D eigenvalue weighted by atomic mass is 79.9. The van der Waals surface area contributed by atoms with Crippen molar-refractivity contribution in [1.29, 1.82) is 0 Å². The van der Waals surface area contributed by atoms with Crippen molar-refractivity contribution in [2.24, 2.45) is 5.92 Å². The Hall–Kier alpha value is -0.960. The summed E-state index contributed by atoms with van der Waals surface area (Å²) in [7, 11) is -3.70. The van der Waals surface area contributed by atoms with Crippen LogP contribution in [-0.2, 0) is 21.2 Å². The van der Waals surface area contributed by atoms with Crippen LogP contribution in [0.1, 0.15) is 44.6 Å². The third kappa shape index (κ3) is 4.15. The number of halogens is 1. The Labute approximate surface area is 175 Å². The van der Waals surface area contributed by atoms with Crippen molar-refractivity contribution in [1.82, 2.24) is 9.62 Å². The summed E-state index contributed by atoms with van der Waals surface area (Å²) >= 11 is 3.44. The van der Waals surface area contributed by atoms with Crippen LogP contribution in [-0.4, -0.2) is 51.4 Å². The number of nitrogens with zero attached hydrogens (tertiary/aromatic N) is 2. The minimum atomic E-state index is -3.70. The number of anilines is 1. The maximum Gasteiger partial charge on any atom is 0.242 e. The van der Waals surface area contributed by atoms with Crippen LogP contribution in [0.4, 0.5) is 5.69 Å². The zero-order chi connectivity index (χ0) is 19.9. The third-order valence-electron chi connectivity index (χ3n) is 6.11. The van der Waals surface area contributed by atoms with Crippen LogP contribution < -0.4 is 9.62 Å². The highest BCUT2D eigenvalue weighted by Crippen LogP contribution is 2.41. The molecule has 0 aromatic heterocycles. The average molecular weight is 470 g/mol. The zero-order valence-electron chi connectivity index (χ0n) is 16.3. The summed E-state index contributed by atoms with van der Waals surface area (Å²) in [6.07, 6.45) is 6.11. The largest absolute Gasteiger partial charge is 0.310 e. The fraction of sp³-hybridized carbons (Fsp3) is 0.650. The van der Waals surface area contributed by atoms with Gasteiger partial charge in [-0.15, -0.1) is 0 Å². The molecule has 1 amide bonds. The van der Waals surface area contributed by atoms with Crippen LogP contribution in [0.5, 0.6) is 0 Å². The second-order valence-corrected chi connectivity index (χ2v) is 10.9. The molecule has 1 saturated carbocycles. The lowest BCUT2D eigenvalue weighted by Crippen LogP contribution is -2.42. The lowest BCUT2D eigenvalue weighted by atomic mass is 10.0. The lowest BCUT2D eigenvalue weighted by Gasteiger charge is -2.33. The number of rotatable bonds is 6. The highest BCUT2D eigenvalue weighted by Gasteiger charge is 2.39. The summed E-state index contributed by atoms with van der Waals surface area (Å²) in [5.74, 6) is 0.137. The molecule has 3 aliphatic rings. The van der Waals surface area contributed by atoms with E-state index in [2.05, 4.69) is 32.5 Å². The van der Waals surface area contributed by atoms with Gasteiger partial charge in [0.1, 0.15) is 4.90 Å². The molecule has 0 radical (unpaired) electrons. The maximum atomic E-state index is 13.1. The lowest BCUT2D eigenvalue weighted by molar-refractivity contribution is -0.119. The van der Waals surface area contributed by atoms with Gasteiger partial charge in [0, 0.05) is 36.1 Å². The van der Waals surface area contributed by atoms with Gasteiger partial charge in [-0.1, -0.05) is 22.4 Å². The van der Waals surface area contributed by atoms with E-state index >= 15 is 0 Å². The Bertz CT molecular complexity index is 870. The Morgan fingerprint density at radius 3 is 2.71 bits per heavy atom. The number of nitrogens with one attached hydrogen (secondary N) is 1. The molecule has 8 heteroatoms. The van der Waals surface area contributed by atoms with E-state index in [-0.39, 0.29) is 16.7 Å². The molecule has 1 aliphatic carbocycles. The van der Waals surface area contributed by atoms with E-state index in [0.29, 0.717) is 37.8 Å². The molecule has 2 aliphatic heterocycles. The topological polar surface area (TPSA) is 69.7 Å². The number of piperidine rings is 1. The van der Waals surface area contributed by atoms with Crippen LogP contribution >= 0.6 is 15.9 Å². The summed E-state index contributed by atoms with van der Waals surface area (Å²) < 4.78 is 29.8. The van der Waals surface area contributed by atoms with E-state index in [1.807, 2.05) is 6.07 Å². The van der Waals surface area contributed by atoms with E-state index in [1.165, 1.54) is 19.3 Å². The van der Waals surface area contributed by atoms with Gasteiger partial charge < -0.3 is 4.90 Å². The van der Waals surface area contributed by atoms with Gasteiger partial charge in [0.2, 0.25) is 15.9 Å². The van der Waals surface area contributed by atoms with E-state index in [9.17, 15) is 13.2 Å².